The number of nitrogens with zero attached hydrogens (tertiary/aromatic N) is 2. The Morgan fingerprint density at radius 1 is 0.508 bits per heavy atom. The maximum atomic E-state index is 13.8. The lowest BCUT2D eigenvalue weighted by Gasteiger charge is -2.28. The number of aliphatic carboxylic acids is 1. The molecule has 9 atom stereocenters. The molecule has 0 aromatic heterocycles. The minimum Gasteiger partial charge on any atom is -0.480 e. The molecular weight excluding hydrogens is 832 g/mol. The molecule has 7 amide bonds. The van der Waals surface area contributed by atoms with Crippen LogP contribution in [0.25, 0.3) is 0 Å². The van der Waals surface area contributed by atoms with E-state index in [0.29, 0.717) is 6.42 Å². The average molecular weight is 903 g/mol. The molecule has 360 valence electrons. The zero-order valence-corrected chi connectivity index (χ0v) is 36.8. The van der Waals surface area contributed by atoms with Crippen LogP contribution in [0.2, 0.25) is 0 Å². The van der Waals surface area contributed by atoms with Gasteiger partial charge in [-0.15, -0.1) is 0 Å². The molecule has 21 N–H and O–H groups in total. The smallest absolute Gasteiger partial charge is 0.325 e. The third-order valence-electron chi connectivity index (χ3n) is 8.99. The number of rotatable bonds is 30. The molecule has 0 bridgehead atoms. The van der Waals surface area contributed by atoms with Gasteiger partial charge in [-0.25, -0.2) is 0 Å². The molecule has 0 aliphatic rings. The van der Waals surface area contributed by atoms with Crippen LogP contribution in [0.1, 0.15) is 80.1 Å². The van der Waals surface area contributed by atoms with Crippen molar-refractivity contribution in [2.24, 2.45) is 50.5 Å². The SMILES string of the molecule is CC(C)C[C@H](NC(=O)[C@H](CO)NC(=O)[C@@H](N)CCCN=C(N)N)C(=O)N[C@@H](CO)C(=O)N[C@@H](CCCN=C(N)N)C(=O)N[C@@H](CC(C)C)C(=O)N[C@H](C(=O)N[C@@H](C)C(=O)O)[C@@H](C)O. The van der Waals surface area contributed by atoms with Gasteiger partial charge in [0.05, 0.1) is 25.4 Å². The first kappa shape index (κ1) is 57.1. The van der Waals surface area contributed by atoms with E-state index in [1.54, 1.807) is 27.7 Å². The van der Waals surface area contributed by atoms with E-state index in [2.05, 4.69) is 47.2 Å². The van der Waals surface area contributed by atoms with Gasteiger partial charge in [-0.3, -0.25) is 48.3 Å². The van der Waals surface area contributed by atoms with Gasteiger partial charge in [-0.1, -0.05) is 27.7 Å². The van der Waals surface area contributed by atoms with Gasteiger partial charge in [-0.05, 0) is 64.2 Å². The molecule has 0 unspecified atom stereocenters. The molecule has 0 aromatic rings. The summed E-state index contributed by atoms with van der Waals surface area (Å²) in [6.07, 6.45) is -1.05. The molecule has 0 aromatic carbocycles. The highest BCUT2D eigenvalue weighted by Gasteiger charge is 2.35. The molecule has 0 aliphatic carbocycles. The lowest BCUT2D eigenvalue weighted by atomic mass is 10.0. The summed E-state index contributed by atoms with van der Waals surface area (Å²) in [4.78, 5) is 112. The first-order chi connectivity index (χ1) is 29.3. The van der Waals surface area contributed by atoms with Crippen LogP contribution in [0, 0.1) is 11.8 Å². The topological polar surface area (TPSA) is 457 Å². The Morgan fingerprint density at radius 2 is 0.873 bits per heavy atom. The maximum Gasteiger partial charge on any atom is 0.325 e. The standard InChI is InChI=1S/C37H70N14O12/c1-17(2)13-23(48-33(60)25(15-52)49-28(55)21(38)9-7-11-43-36(39)40)30(57)50-26(16-53)32(59)46-22(10-8-12-44-37(41)42)29(56)47-24(14-18(3)4)31(58)51-27(20(6)54)34(61)45-19(5)35(62)63/h17-27,52-54H,7-16,38H2,1-6H3,(H,45,61)(H,46,59)(H,47,56)(H,48,60)(H,49,55)(H,50,57)(H,51,58)(H,62,63)(H4,39,40,43)(H4,41,42,44)/t19-,20+,21-,22-,23-,24-,25-,26-,27-/m0/s1. The van der Waals surface area contributed by atoms with Crippen LogP contribution in [0.3, 0.4) is 0 Å². The third-order valence-corrected chi connectivity index (χ3v) is 8.99. The Morgan fingerprint density at radius 3 is 1.27 bits per heavy atom. The van der Waals surface area contributed by atoms with Gasteiger partial charge in [0.15, 0.2) is 11.9 Å². The van der Waals surface area contributed by atoms with Crippen LogP contribution < -0.4 is 65.9 Å². The first-order valence-corrected chi connectivity index (χ1v) is 20.5. The third kappa shape index (κ3) is 23.2. The van der Waals surface area contributed by atoms with Crippen LogP contribution in [0.15, 0.2) is 9.98 Å². The highest BCUT2D eigenvalue weighted by atomic mass is 16.4. The molecule has 0 aliphatic heterocycles. The summed E-state index contributed by atoms with van der Waals surface area (Å²) in [5.41, 5.74) is 27.3. The maximum absolute atomic E-state index is 13.8. The number of hydrogen-bond acceptors (Lipinski definition) is 14. The number of carboxylic acid groups (broad SMARTS) is 1. The van der Waals surface area contributed by atoms with E-state index in [4.69, 9.17) is 28.7 Å². The van der Waals surface area contributed by atoms with E-state index in [-0.39, 0.29) is 68.9 Å². The summed E-state index contributed by atoms with van der Waals surface area (Å²) >= 11 is 0. The summed E-state index contributed by atoms with van der Waals surface area (Å²) in [6, 6.07) is -11.4. The predicted octanol–water partition coefficient (Wildman–Crippen LogP) is -6.62. The highest BCUT2D eigenvalue weighted by molar-refractivity contribution is 5.97. The second-order valence-electron chi connectivity index (χ2n) is 15.7. The fourth-order valence-corrected chi connectivity index (χ4v) is 5.61. The number of nitrogens with two attached hydrogens (primary N) is 5. The Labute approximate surface area is 366 Å². The number of aliphatic imine (C=N–C) groups is 2. The number of aliphatic hydroxyl groups excluding tert-OH is 3. The van der Waals surface area contributed by atoms with Crippen molar-refractivity contribution in [3.05, 3.63) is 0 Å². The summed E-state index contributed by atoms with van der Waals surface area (Å²) < 4.78 is 0. The number of carboxylic acids is 1. The molecule has 26 heteroatoms. The van der Waals surface area contributed by atoms with Gasteiger partial charge in [0, 0.05) is 13.1 Å². The molecule has 0 saturated heterocycles. The molecule has 63 heavy (non-hydrogen) atoms. The van der Waals surface area contributed by atoms with E-state index in [9.17, 15) is 58.8 Å². The van der Waals surface area contributed by atoms with Crippen LogP contribution in [-0.2, 0) is 38.4 Å². The number of carbonyl (C=O) groups is 8. The number of hydrogen-bond donors (Lipinski definition) is 16. The second-order valence-corrected chi connectivity index (χ2v) is 15.7. The van der Waals surface area contributed by atoms with Crippen LogP contribution in [-0.4, -0.2) is 160 Å². The van der Waals surface area contributed by atoms with E-state index in [1.165, 1.54) is 13.8 Å². The van der Waals surface area contributed by atoms with Gasteiger partial charge in [-0.2, -0.15) is 0 Å². The Hall–Kier alpha value is -5.86. The summed E-state index contributed by atoms with van der Waals surface area (Å²) in [5.74, 6) is -8.79. The zero-order chi connectivity index (χ0) is 48.6. The monoisotopic (exact) mass is 903 g/mol. The number of amides is 7. The molecule has 0 fully saturated rings. The normalized spacial score (nSPS) is 15.4. The molecule has 0 rings (SSSR count). The molecular formula is C37H70N14O12. The van der Waals surface area contributed by atoms with Crippen LogP contribution in [0.4, 0.5) is 0 Å². The van der Waals surface area contributed by atoms with Crippen molar-refractivity contribution in [3.63, 3.8) is 0 Å². The van der Waals surface area contributed by atoms with Crippen molar-refractivity contribution in [1.82, 2.24) is 37.2 Å². The van der Waals surface area contributed by atoms with E-state index < -0.39 is 115 Å². The quantitative estimate of drug-likeness (QED) is 0.0181. The zero-order valence-electron chi connectivity index (χ0n) is 36.8. The lowest BCUT2D eigenvalue weighted by Crippen LogP contribution is -2.61. The molecule has 0 spiro atoms. The van der Waals surface area contributed by atoms with E-state index in [1.807, 2.05) is 0 Å². The first-order valence-electron chi connectivity index (χ1n) is 20.5. The minimum absolute atomic E-state index is 0.000964. The van der Waals surface area contributed by atoms with Crippen molar-refractivity contribution in [2.75, 3.05) is 26.3 Å². The Balaban J connectivity index is 6.24. The van der Waals surface area contributed by atoms with Gasteiger partial charge in [0.2, 0.25) is 41.4 Å². The van der Waals surface area contributed by atoms with Gasteiger partial charge in [0.1, 0.15) is 42.3 Å². The van der Waals surface area contributed by atoms with Crippen LogP contribution >= 0.6 is 0 Å². The number of guanidine groups is 2. The number of aliphatic hydroxyl groups is 3. The molecule has 0 saturated carbocycles. The van der Waals surface area contributed by atoms with Crippen molar-refractivity contribution in [1.29, 1.82) is 0 Å². The van der Waals surface area contributed by atoms with Crippen molar-refractivity contribution in [2.45, 2.75) is 135 Å². The van der Waals surface area contributed by atoms with Crippen molar-refractivity contribution < 1.29 is 58.8 Å². The average Bonchev–Trinajstić information content (AvgIpc) is 3.18. The Bertz CT molecular complexity index is 1590. The van der Waals surface area contributed by atoms with Gasteiger partial charge < -0.3 is 86.3 Å². The van der Waals surface area contributed by atoms with E-state index in [0.717, 1.165) is 0 Å². The van der Waals surface area contributed by atoms with Crippen LogP contribution in [0.5, 0.6) is 0 Å². The van der Waals surface area contributed by atoms with E-state index >= 15 is 0 Å². The van der Waals surface area contributed by atoms with Crippen molar-refractivity contribution in [3.8, 4) is 0 Å². The molecule has 0 heterocycles. The summed E-state index contributed by atoms with van der Waals surface area (Å²) in [5, 5.41) is 56.1. The van der Waals surface area contributed by atoms with Crippen molar-refractivity contribution >= 4 is 59.2 Å². The lowest BCUT2D eigenvalue weighted by molar-refractivity contribution is -0.142. The predicted molar refractivity (Wildman–Crippen MR) is 229 cm³/mol. The summed E-state index contributed by atoms with van der Waals surface area (Å²) in [7, 11) is 0. The largest absolute Gasteiger partial charge is 0.480 e. The second kappa shape index (κ2) is 29.4. The fourth-order valence-electron chi connectivity index (χ4n) is 5.61. The number of nitrogens with one attached hydrogen (secondary N) is 7. The number of carbonyl (C=O) groups excluding carboxylic acids is 7. The fraction of sp³-hybridized carbons (Fsp3) is 0.730. The molecule has 0 radical (unpaired) electrons. The van der Waals surface area contributed by atoms with Gasteiger partial charge >= 0.3 is 5.97 Å². The highest BCUT2D eigenvalue weighted by Crippen LogP contribution is 2.10. The minimum atomic E-state index is -1.70. The summed E-state index contributed by atoms with van der Waals surface area (Å²) in [6.45, 7) is 7.64. The Kier molecular flexibility index (Phi) is 26.7. The van der Waals surface area contributed by atoms with Gasteiger partial charge in [0.25, 0.3) is 0 Å². The molecule has 26 nitrogen and oxygen atoms in total.